The Bertz CT molecular complexity index is 454. The standard InChI is InChI=1S/C12H13BrClF2NO/c1-7(13)3-4-17(2)12(18)8-5-11(16)9(14)6-10(8)15/h5-7H,3-4H2,1-2H3. The first-order valence-corrected chi connectivity index (χ1v) is 6.66. The first kappa shape index (κ1) is 15.4. The second-order valence-electron chi connectivity index (χ2n) is 4.04. The maximum absolute atomic E-state index is 13.5. The van der Waals surface area contributed by atoms with Crippen molar-refractivity contribution < 1.29 is 13.6 Å². The van der Waals surface area contributed by atoms with Crippen LogP contribution in [-0.2, 0) is 0 Å². The van der Waals surface area contributed by atoms with Gasteiger partial charge in [0.15, 0.2) is 0 Å². The number of nitrogens with zero attached hydrogens (tertiary/aromatic N) is 1. The summed E-state index contributed by atoms with van der Waals surface area (Å²) in [6.45, 7) is 2.40. The van der Waals surface area contributed by atoms with Gasteiger partial charge < -0.3 is 4.90 Å². The van der Waals surface area contributed by atoms with E-state index in [1.54, 1.807) is 7.05 Å². The molecule has 1 aromatic carbocycles. The van der Waals surface area contributed by atoms with E-state index in [-0.39, 0.29) is 15.4 Å². The number of amides is 1. The summed E-state index contributed by atoms with van der Waals surface area (Å²) in [7, 11) is 1.55. The average molecular weight is 341 g/mol. The lowest BCUT2D eigenvalue weighted by Crippen LogP contribution is -2.29. The highest BCUT2D eigenvalue weighted by molar-refractivity contribution is 9.09. The van der Waals surface area contributed by atoms with Gasteiger partial charge in [0.1, 0.15) is 11.6 Å². The van der Waals surface area contributed by atoms with Gasteiger partial charge >= 0.3 is 0 Å². The van der Waals surface area contributed by atoms with E-state index in [4.69, 9.17) is 11.6 Å². The van der Waals surface area contributed by atoms with Crippen LogP contribution in [0, 0.1) is 11.6 Å². The van der Waals surface area contributed by atoms with E-state index in [1.165, 1.54) is 4.90 Å². The summed E-state index contributed by atoms with van der Waals surface area (Å²) < 4.78 is 26.8. The van der Waals surface area contributed by atoms with E-state index < -0.39 is 17.5 Å². The lowest BCUT2D eigenvalue weighted by Gasteiger charge is -2.18. The maximum atomic E-state index is 13.5. The zero-order chi connectivity index (χ0) is 13.9. The van der Waals surface area contributed by atoms with Crippen LogP contribution in [0.3, 0.4) is 0 Å². The molecule has 0 heterocycles. The number of halogens is 4. The zero-order valence-electron chi connectivity index (χ0n) is 10.0. The van der Waals surface area contributed by atoms with Crippen molar-refractivity contribution >= 4 is 33.4 Å². The Morgan fingerprint density at radius 1 is 1.44 bits per heavy atom. The molecular formula is C12H13BrClF2NO. The molecule has 0 radical (unpaired) electrons. The summed E-state index contributed by atoms with van der Waals surface area (Å²) in [5, 5.41) is -0.333. The van der Waals surface area contributed by atoms with Crippen molar-refractivity contribution in [2.45, 2.75) is 18.2 Å². The molecule has 1 atom stereocenters. The van der Waals surface area contributed by atoms with Crippen molar-refractivity contribution in [3.8, 4) is 0 Å². The molecule has 0 fully saturated rings. The number of alkyl halides is 1. The lowest BCUT2D eigenvalue weighted by molar-refractivity contribution is 0.0789. The molecule has 0 saturated carbocycles. The number of rotatable bonds is 4. The van der Waals surface area contributed by atoms with Gasteiger partial charge in [0.05, 0.1) is 10.6 Å². The first-order chi connectivity index (χ1) is 8.32. The second-order valence-corrected chi connectivity index (χ2v) is 6.01. The Labute approximate surface area is 118 Å². The third-order valence-corrected chi connectivity index (χ3v) is 3.20. The van der Waals surface area contributed by atoms with Gasteiger partial charge in [0.2, 0.25) is 0 Å². The predicted octanol–water partition coefficient (Wildman–Crippen LogP) is 3.86. The fraction of sp³-hybridized carbons (Fsp3) is 0.417. The quantitative estimate of drug-likeness (QED) is 0.602. The number of hydrogen-bond donors (Lipinski definition) is 0. The van der Waals surface area contributed by atoms with Crippen LogP contribution < -0.4 is 0 Å². The second kappa shape index (κ2) is 6.48. The van der Waals surface area contributed by atoms with E-state index in [9.17, 15) is 13.6 Å². The number of hydrogen-bond acceptors (Lipinski definition) is 1. The van der Waals surface area contributed by atoms with Crippen molar-refractivity contribution in [1.82, 2.24) is 4.90 Å². The summed E-state index contributed by atoms with van der Waals surface area (Å²) in [5.41, 5.74) is -0.304. The molecule has 1 aromatic rings. The molecule has 0 aliphatic carbocycles. The summed E-state index contributed by atoms with van der Waals surface area (Å²) in [6, 6.07) is 1.64. The van der Waals surface area contributed by atoms with Crippen LogP contribution in [0.15, 0.2) is 12.1 Å². The average Bonchev–Trinajstić information content (AvgIpc) is 2.29. The van der Waals surface area contributed by atoms with Crippen LogP contribution in [0.4, 0.5) is 8.78 Å². The third kappa shape index (κ3) is 3.92. The summed E-state index contributed by atoms with van der Waals surface area (Å²) in [6.07, 6.45) is 0.722. The predicted molar refractivity (Wildman–Crippen MR) is 71.3 cm³/mol. The molecule has 0 aromatic heterocycles. The molecule has 2 nitrogen and oxygen atoms in total. The van der Waals surface area contributed by atoms with Gasteiger partial charge in [-0.05, 0) is 18.6 Å². The summed E-state index contributed by atoms with van der Waals surface area (Å²) in [5.74, 6) is -2.18. The van der Waals surface area contributed by atoms with Gasteiger partial charge in [-0.2, -0.15) is 0 Å². The lowest BCUT2D eigenvalue weighted by atomic mass is 10.1. The molecule has 0 N–H and O–H groups in total. The van der Waals surface area contributed by atoms with Crippen LogP contribution in [0.25, 0.3) is 0 Å². The van der Waals surface area contributed by atoms with Crippen molar-refractivity contribution in [2.24, 2.45) is 0 Å². The Balaban J connectivity index is 2.87. The third-order valence-electron chi connectivity index (χ3n) is 2.45. The molecule has 0 spiro atoms. The van der Waals surface area contributed by atoms with E-state index in [0.717, 1.165) is 18.6 Å². The minimum absolute atomic E-state index is 0.250. The summed E-state index contributed by atoms with van der Waals surface area (Å²) >= 11 is 8.78. The van der Waals surface area contributed by atoms with Crippen LogP contribution in [0.5, 0.6) is 0 Å². The zero-order valence-corrected chi connectivity index (χ0v) is 12.4. The molecule has 18 heavy (non-hydrogen) atoms. The monoisotopic (exact) mass is 339 g/mol. The smallest absolute Gasteiger partial charge is 0.256 e. The molecule has 100 valence electrons. The Morgan fingerprint density at radius 3 is 2.61 bits per heavy atom. The van der Waals surface area contributed by atoms with Gasteiger partial charge in [-0.3, -0.25) is 4.79 Å². The molecule has 0 aliphatic rings. The molecule has 1 unspecified atom stereocenters. The van der Waals surface area contributed by atoms with Gasteiger partial charge in [0, 0.05) is 18.4 Å². The van der Waals surface area contributed by atoms with Crippen LogP contribution in [0.2, 0.25) is 5.02 Å². The molecule has 0 bridgehead atoms. The molecule has 0 aliphatic heterocycles. The van der Waals surface area contributed by atoms with Gasteiger partial charge in [-0.15, -0.1) is 0 Å². The van der Waals surface area contributed by atoms with Crippen LogP contribution >= 0.6 is 27.5 Å². The highest BCUT2D eigenvalue weighted by Crippen LogP contribution is 2.20. The van der Waals surface area contributed by atoms with E-state index in [1.807, 2.05) is 6.92 Å². The maximum Gasteiger partial charge on any atom is 0.256 e. The van der Waals surface area contributed by atoms with Crippen molar-refractivity contribution in [2.75, 3.05) is 13.6 Å². The van der Waals surface area contributed by atoms with Gasteiger partial charge in [0.25, 0.3) is 5.91 Å². The topological polar surface area (TPSA) is 20.3 Å². The van der Waals surface area contributed by atoms with Crippen LogP contribution in [-0.4, -0.2) is 29.2 Å². The Morgan fingerprint density at radius 2 is 2.06 bits per heavy atom. The molecule has 1 rings (SSSR count). The Hall–Kier alpha value is -0.680. The van der Waals surface area contributed by atoms with E-state index in [2.05, 4.69) is 15.9 Å². The van der Waals surface area contributed by atoms with Crippen molar-refractivity contribution in [1.29, 1.82) is 0 Å². The highest BCUT2D eigenvalue weighted by Gasteiger charge is 2.19. The normalized spacial score (nSPS) is 12.3. The number of benzene rings is 1. The summed E-state index contributed by atoms with van der Waals surface area (Å²) in [4.78, 5) is 13.5. The van der Waals surface area contributed by atoms with Gasteiger partial charge in [-0.1, -0.05) is 34.5 Å². The molecular weight excluding hydrogens is 327 g/mol. The SMILES string of the molecule is CC(Br)CCN(C)C(=O)c1cc(F)c(Cl)cc1F. The van der Waals surface area contributed by atoms with E-state index in [0.29, 0.717) is 6.54 Å². The first-order valence-electron chi connectivity index (χ1n) is 5.37. The van der Waals surface area contributed by atoms with Crippen LogP contribution in [0.1, 0.15) is 23.7 Å². The fourth-order valence-electron chi connectivity index (χ4n) is 1.37. The Kier molecular flexibility index (Phi) is 5.53. The van der Waals surface area contributed by atoms with Gasteiger partial charge in [-0.25, -0.2) is 8.78 Å². The minimum atomic E-state index is -0.815. The van der Waals surface area contributed by atoms with Crippen molar-refractivity contribution in [3.63, 3.8) is 0 Å². The largest absolute Gasteiger partial charge is 0.342 e. The minimum Gasteiger partial charge on any atom is -0.342 e. The number of carbonyl (C=O) groups excluding carboxylic acids is 1. The molecule has 0 saturated heterocycles. The fourth-order valence-corrected chi connectivity index (χ4v) is 1.72. The van der Waals surface area contributed by atoms with Crippen molar-refractivity contribution in [3.05, 3.63) is 34.4 Å². The molecule has 1 amide bonds. The molecule has 6 heteroatoms. The number of carbonyl (C=O) groups is 1. The van der Waals surface area contributed by atoms with E-state index >= 15 is 0 Å². The highest BCUT2D eigenvalue weighted by atomic mass is 79.9.